The Bertz CT molecular complexity index is 1600. The highest BCUT2D eigenvalue weighted by atomic mass is 16.7. The van der Waals surface area contributed by atoms with Crippen LogP contribution in [0.5, 0.6) is 0 Å². The molecule has 3 fully saturated rings. The summed E-state index contributed by atoms with van der Waals surface area (Å²) in [6.07, 6.45) is 3.86. The fraction of sp³-hybridized carbons (Fsp3) is 0.462. The lowest BCUT2D eigenvalue weighted by Gasteiger charge is -2.45. The highest BCUT2D eigenvalue weighted by molar-refractivity contribution is 5.93. The van der Waals surface area contributed by atoms with Crippen molar-refractivity contribution in [1.82, 2.24) is 21.0 Å². The van der Waals surface area contributed by atoms with Gasteiger partial charge in [0.25, 0.3) is 0 Å². The van der Waals surface area contributed by atoms with E-state index >= 15 is 0 Å². The Morgan fingerprint density at radius 2 is 1.51 bits per heavy atom. The number of benzene rings is 3. The van der Waals surface area contributed by atoms with Crippen LogP contribution in [0.1, 0.15) is 86.0 Å². The maximum absolute atomic E-state index is 13.2. The number of hydroxylamine groups is 1. The minimum absolute atomic E-state index is 0.0192. The van der Waals surface area contributed by atoms with E-state index in [1.807, 2.05) is 66.7 Å². The van der Waals surface area contributed by atoms with E-state index < -0.39 is 17.7 Å². The van der Waals surface area contributed by atoms with E-state index in [0.29, 0.717) is 45.4 Å². The third-order valence-electron chi connectivity index (χ3n) is 10.3. The van der Waals surface area contributed by atoms with Crippen LogP contribution in [0.4, 0.5) is 5.69 Å². The molecule has 6 rings (SSSR count). The average molecular weight is 700 g/mol. The van der Waals surface area contributed by atoms with Crippen molar-refractivity contribution >= 4 is 23.4 Å². The van der Waals surface area contributed by atoms with Gasteiger partial charge in [0, 0.05) is 56.7 Å². The van der Waals surface area contributed by atoms with E-state index in [4.69, 9.17) is 14.7 Å². The molecule has 3 amide bonds. The number of hydrogen-bond acceptors (Lipinski definition) is 9. The normalized spacial score (nSPS) is 21.7. The molecule has 12 nitrogen and oxygen atoms in total. The zero-order valence-electron chi connectivity index (χ0n) is 29.0. The molecule has 272 valence electrons. The number of anilines is 1. The summed E-state index contributed by atoms with van der Waals surface area (Å²) >= 11 is 0. The van der Waals surface area contributed by atoms with Crippen LogP contribution >= 0.6 is 0 Å². The summed E-state index contributed by atoms with van der Waals surface area (Å²) in [6.45, 7) is 3.17. The first-order valence-electron chi connectivity index (χ1n) is 18.0. The third kappa shape index (κ3) is 9.13. The van der Waals surface area contributed by atoms with Crippen LogP contribution in [-0.4, -0.2) is 70.9 Å². The summed E-state index contributed by atoms with van der Waals surface area (Å²) < 4.78 is 13.2. The SMILES string of the molecule is O=C(CCCCCC(=O)NCc1ccc([C@@H]2O[C@H](CN3CCC4(CC3)C(=O)NCN4c3ccccc3)C[C@H](c3ccc(CO)cc3)O2)cc1)NO. The maximum Gasteiger partial charge on any atom is 0.247 e. The largest absolute Gasteiger partial charge is 0.392 e. The number of carbonyl (C=O) groups excluding carboxylic acids is 3. The number of nitrogens with zero attached hydrogens (tertiary/aromatic N) is 2. The number of para-hydroxylation sites is 1. The van der Waals surface area contributed by atoms with E-state index in [9.17, 15) is 19.5 Å². The molecule has 5 N–H and O–H groups in total. The van der Waals surface area contributed by atoms with Gasteiger partial charge in [-0.1, -0.05) is 73.2 Å². The Balaban J connectivity index is 1.06. The van der Waals surface area contributed by atoms with Gasteiger partial charge in [0.2, 0.25) is 17.7 Å². The lowest BCUT2D eigenvalue weighted by Crippen LogP contribution is -2.57. The van der Waals surface area contributed by atoms with E-state index in [2.05, 4.69) is 32.6 Å². The van der Waals surface area contributed by atoms with Crippen LogP contribution in [0.15, 0.2) is 78.9 Å². The van der Waals surface area contributed by atoms with Crippen LogP contribution in [-0.2, 0) is 37.0 Å². The van der Waals surface area contributed by atoms with Crippen LogP contribution in [0.25, 0.3) is 0 Å². The minimum Gasteiger partial charge on any atom is -0.392 e. The number of unbranched alkanes of at least 4 members (excludes halogenated alkanes) is 2. The Labute approximate surface area is 299 Å². The predicted molar refractivity (Wildman–Crippen MR) is 190 cm³/mol. The topological polar surface area (TPSA) is 153 Å². The molecule has 3 heterocycles. The number of piperidine rings is 1. The minimum atomic E-state index is -0.590. The Morgan fingerprint density at radius 3 is 2.20 bits per heavy atom. The van der Waals surface area contributed by atoms with Gasteiger partial charge in [-0.15, -0.1) is 0 Å². The predicted octanol–water partition coefficient (Wildman–Crippen LogP) is 4.22. The van der Waals surface area contributed by atoms with Crippen molar-refractivity contribution in [3.8, 4) is 0 Å². The molecule has 0 saturated carbocycles. The highest BCUT2D eigenvalue weighted by Gasteiger charge is 2.50. The Kier molecular flexibility index (Phi) is 12.3. The van der Waals surface area contributed by atoms with Crippen LogP contribution in [0.3, 0.4) is 0 Å². The molecular weight excluding hydrogens is 650 g/mol. The lowest BCUT2D eigenvalue weighted by molar-refractivity contribution is -0.253. The molecule has 51 heavy (non-hydrogen) atoms. The van der Waals surface area contributed by atoms with Crippen molar-refractivity contribution in [1.29, 1.82) is 0 Å². The summed E-state index contributed by atoms with van der Waals surface area (Å²) in [5.41, 5.74) is 5.84. The molecule has 12 heteroatoms. The molecule has 3 aromatic carbocycles. The first kappa shape index (κ1) is 36.5. The zero-order chi connectivity index (χ0) is 35.6. The summed E-state index contributed by atoms with van der Waals surface area (Å²) in [4.78, 5) is 41.3. The van der Waals surface area contributed by atoms with E-state index in [-0.39, 0.29) is 37.0 Å². The van der Waals surface area contributed by atoms with Crippen molar-refractivity contribution in [2.45, 2.75) is 88.6 Å². The van der Waals surface area contributed by atoms with E-state index in [1.54, 1.807) is 5.48 Å². The van der Waals surface area contributed by atoms with Gasteiger partial charge >= 0.3 is 0 Å². The molecule has 3 saturated heterocycles. The quantitative estimate of drug-likeness (QED) is 0.0946. The molecule has 3 aromatic rings. The molecule has 0 bridgehead atoms. The molecule has 0 aromatic heterocycles. The summed E-state index contributed by atoms with van der Waals surface area (Å²) in [5.74, 6) is -0.362. The molecular formula is C39H49N5O7. The van der Waals surface area contributed by atoms with Crippen LogP contribution in [0, 0.1) is 0 Å². The van der Waals surface area contributed by atoms with Crippen LogP contribution in [0.2, 0.25) is 0 Å². The van der Waals surface area contributed by atoms with Gasteiger partial charge in [0.15, 0.2) is 6.29 Å². The van der Waals surface area contributed by atoms with Crippen molar-refractivity contribution in [3.63, 3.8) is 0 Å². The van der Waals surface area contributed by atoms with E-state index in [1.165, 1.54) is 0 Å². The Morgan fingerprint density at radius 1 is 0.843 bits per heavy atom. The molecule has 3 atom stereocenters. The number of rotatable bonds is 14. The number of likely N-dealkylation sites (tertiary alicyclic amines) is 1. The third-order valence-corrected chi connectivity index (χ3v) is 10.3. The number of aliphatic hydroxyl groups excluding tert-OH is 1. The van der Waals surface area contributed by atoms with Gasteiger partial charge in [0.1, 0.15) is 5.54 Å². The number of hydrogen-bond donors (Lipinski definition) is 5. The second-order valence-electron chi connectivity index (χ2n) is 13.7. The molecule has 3 aliphatic rings. The number of amides is 3. The Hall–Kier alpha value is -4.33. The molecule has 0 unspecified atom stereocenters. The fourth-order valence-electron chi connectivity index (χ4n) is 7.34. The van der Waals surface area contributed by atoms with Gasteiger partial charge in [-0.2, -0.15) is 0 Å². The van der Waals surface area contributed by atoms with Crippen molar-refractivity contribution in [3.05, 3.63) is 101 Å². The number of nitrogens with one attached hydrogen (secondary N) is 3. The first-order valence-corrected chi connectivity index (χ1v) is 18.0. The zero-order valence-corrected chi connectivity index (χ0v) is 29.0. The molecule has 0 aliphatic carbocycles. The molecule has 1 spiro atoms. The van der Waals surface area contributed by atoms with Gasteiger partial charge in [-0.05, 0) is 54.5 Å². The summed E-state index contributed by atoms with van der Waals surface area (Å²) in [7, 11) is 0. The first-order chi connectivity index (χ1) is 24.9. The number of ether oxygens (including phenoxy) is 2. The lowest BCUT2D eigenvalue weighted by atomic mass is 9.85. The standard InChI is InChI=1S/C39H49N5O7/c45-26-29-13-15-30(16-14-29)34-23-33(25-43-21-19-39(20-22-43)38(48)41-27-44(39)32-7-3-1-4-8-32)50-37(51-34)31-17-11-28(12-18-31)24-40-35(46)9-5-2-6-10-36(47)42-49/h1,3-4,7-8,11-18,33-34,37,45,49H,2,5-6,9-10,19-27H2,(H,40,46)(H,41,48)(H,42,47)/t33-,34+,37+/m0/s1. The molecule has 0 radical (unpaired) electrons. The van der Waals surface area contributed by atoms with Crippen molar-refractivity contribution in [2.75, 3.05) is 31.2 Å². The van der Waals surface area contributed by atoms with Crippen molar-refractivity contribution < 1.29 is 34.2 Å². The van der Waals surface area contributed by atoms with Gasteiger partial charge < -0.3 is 35.0 Å². The fourth-order valence-corrected chi connectivity index (χ4v) is 7.34. The molecule has 3 aliphatic heterocycles. The smallest absolute Gasteiger partial charge is 0.247 e. The van der Waals surface area contributed by atoms with Gasteiger partial charge in [0.05, 0.1) is 25.5 Å². The van der Waals surface area contributed by atoms with Gasteiger partial charge in [-0.25, -0.2) is 5.48 Å². The average Bonchev–Trinajstić information content (AvgIpc) is 3.49. The number of carbonyl (C=O) groups is 3. The maximum atomic E-state index is 13.2. The monoisotopic (exact) mass is 699 g/mol. The summed E-state index contributed by atoms with van der Waals surface area (Å²) in [6, 6.07) is 25.9. The van der Waals surface area contributed by atoms with Crippen molar-refractivity contribution in [2.24, 2.45) is 0 Å². The summed E-state index contributed by atoms with van der Waals surface area (Å²) in [5, 5.41) is 24.2. The number of aliphatic hydroxyl groups is 1. The second-order valence-corrected chi connectivity index (χ2v) is 13.7. The van der Waals surface area contributed by atoms with Crippen LogP contribution < -0.4 is 21.0 Å². The highest BCUT2D eigenvalue weighted by Crippen LogP contribution is 2.40. The van der Waals surface area contributed by atoms with E-state index in [0.717, 1.165) is 60.3 Å². The second kappa shape index (κ2) is 17.3. The van der Waals surface area contributed by atoms with Gasteiger partial charge in [-0.3, -0.25) is 19.6 Å².